The number of hydrogen-bond acceptors (Lipinski definition) is 2. The summed E-state index contributed by atoms with van der Waals surface area (Å²) >= 11 is 0. The molecule has 4 heteroatoms. The number of carboxylic acid groups (broad SMARTS) is 1. The molecule has 0 atom stereocenters. The second-order valence-corrected chi connectivity index (χ2v) is 5.93. The van der Waals surface area contributed by atoms with Crippen LogP contribution in [-0.4, -0.2) is 17.0 Å². The highest BCUT2D eigenvalue weighted by molar-refractivity contribution is 6.02. The molecule has 1 aliphatic carbocycles. The van der Waals surface area contributed by atoms with Crippen LogP contribution in [-0.2, 0) is 4.79 Å². The Labute approximate surface area is 119 Å². The average Bonchev–Trinajstić information content (AvgIpc) is 2.41. The zero-order valence-corrected chi connectivity index (χ0v) is 12.0. The van der Waals surface area contributed by atoms with Crippen molar-refractivity contribution in [2.45, 2.75) is 46.0 Å². The van der Waals surface area contributed by atoms with Gasteiger partial charge in [-0.3, -0.25) is 4.79 Å². The van der Waals surface area contributed by atoms with Gasteiger partial charge in [0.25, 0.3) is 0 Å². The highest BCUT2D eigenvalue weighted by Gasteiger charge is 2.34. The molecule has 1 aromatic carbocycles. The van der Waals surface area contributed by atoms with Crippen LogP contribution >= 0.6 is 0 Å². The van der Waals surface area contributed by atoms with Crippen molar-refractivity contribution in [3.63, 3.8) is 0 Å². The van der Waals surface area contributed by atoms with Crippen LogP contribution in [0.2, 0.25) is 0 Å². The van der Waals surface area contributed by atoms with Gasteiger partial charge in [0.15, 0.2) is 0 Å². The van der Waals surface area contributed by atoms with E-state index in [-0.39, 0.29) is 16.9 Å². The normalized spacial score (nSPS) is 17.5. The van der Waals surface area contributed by atoms with Crippen LogP contribution in [0.5, 0.6) is 0 Å². The van der Waals surface area contributed by atoms with E-state index in [1.165, 1.54) is 6.42 Å². The van der Waals surface area contributed by atoms with Gasteiger partial charge in [0.1, 0.15) is 0 Å². The molecule has 1 saturated carbocycles. The fourth-order valence-electron chi connectivity index (χ4n) is 2.78. The van der Waals surface area contributed by atoms with Gasteiger partial charge in [0.2, 0.25) is 5.91 Å². The van der Waals surface area contributed by atoms with Crippen molar-refractivity contribution in [3.8, 4) is 0 Å². The largest absolute Gasteiger partial charge is 0.478 e. The molecule has 0 spiro atoms. The molecule has 108 valence electrons. The molecule has 1 aliphatic rings. The van der Waals surface area contributed by atoms with Crippen molar-refractivity contribution in [2.24, 2.45) is 5.41 Å². The Bertz CT molecular complexity index is 531. The molecule has 0 saturated heterocycles. The van der Waals surface area contributed by atoms with Crippen molar-refractivity contribution in [1.29, 1.82) is 0 Å². The lowest BCUT2D eigenvalue weighted by atomic mass is 9.75. The van der Waals surface area contributed by atoms with Gasteiger partial charge in [-0.15, -0.1) is 0 Å². The molecule has 0 aromatic heterocycles. The van der Waals surface area contributed by atoms with Gasteiger partial charge < -0.3 is 10.4 Å². The monoisotopic (exact) mass is 275 g/mol. The Morgan fingerprint density at radius 2 is 1.85 bits per heavy atom. The molecule has 1 amide bonds. The zero-order valence-electron chi connectivity index (χ0n) is 12.0. The van der Waals surface area contributed by atoms with Crippen LogP contribution in [0.3, 0.4) is 0 Å². The van der Waals surface area contributed by atoms with Crippen LogP contribution in [0.1, 0.15) is 54.9 Å². The number of rotatable bonds is 3. The Kier molecular flexibility index (Phi) is 4.12. The first-order valence-corrected chi connectivity index (χ1v) is 7.08. The molecule has 20 heavy (non-hydrogen) atoms. The molecule has 2 N–H and O–H groups in total. The van der Waals surface area contributed by atoms with Crippen molar-refractivity contribution in [3.05, 3.63) is 29.3 Å². The highest BCUT2D eigenvalue weighted by atomic mass is 16.4. The Morgan fingerprint density at radius 3 is 2.45 bits per heavy atom. The molecule has 2 rings (SSSR count). The fourth-order valence-corrected chi connectivity index (χ4v) is 2.78. The number of carbonyl (C=O) groups excluding carboxylic acids is 1. The predicted octanol–water partition coefficient (Wildman–Crippen LogP) is 3.60. The molecular weight excluding hydrogens is 254 g/mol. The number of carbonyl (C=O) groups is 2. The SMILES string of the molecule is Cc1ccc(NC(=O)C2(C)CCCCC2)c(C(=O)O)c1. The van der Waals surface area contributed by atoms with Crippen molar-refractivity contribution in [1.82, 2.24) is 0 Å². The number of nitrogens with one attached hydrogen (secondary N) is 1. The number of hydrogen-bond donors (Lipinski definition) is 2. The fraction of sp³-hybridized carbons (Fsp3) is 0.500. The first kappa shape index (κ1) is 14.6. The summed E-state index contributed by atoms with van der Waals surface area (Å²) in [5.74, 6) is -1.08. The lowest BCUT2D eigenvalue weighted by molar-refractivity contribution is -0.126. The van der Waals surface area contributed by atoms with Gasteiger partial charge in [0, 0.05) is 5.41 Å². The zero-order chi connectivity index (χ0) is 14.8. The molecule has 0 unspecified atom stereocenters. The van der Waals surface area contributed by atoms with Crippen LogP contribution in [0.25, 0.3) is 0 Å². The second kappa shape index (κ2) is 5.65. The third-order valence-electron chi connectivity index (χ3n) is 4.16. The Morgan fingerprint density at radius 1 is 1.20 bits per heavy atom. The molecule has 4 nitrogen and oxygen atoms in total. The summed E-state index contributed by atoms with van der Waals surface area (Å²) in [6, 6.07) is 5.06. The maximum atomic E-state index is 12.4. The minimum absolute atomic E-state index is 0.0662. The van der Waals surface area contributed by atoms with E-state index in [2.05, 4.69) is 5.32 Å². The first-order chi connectivity index (χ1) is 9.42. The van der Waals surface area contributed by atoms with Crippen molar-refractivity contribution >= 4 is 17.6 Å². The summed E-state index contributed by atoms with van der Waals surface area (Å²) in [6.45, 7) is 3.80. The predicted molar refractivity (Wildman–Crippen MR) is 78.0 cm³/mol. The standard InChI is InChI=1S/C16H21NO3/c1-11-6-7-13(12(10-11)14(18)19)17-15(20)16(2)8-4-3-5-9-16/h6-7,10H,3-5,8-9H2,1-2H3,(H,17,20)(H,18,19). The lowest BCUT2D eigenvalue weighted by Gasteiger charge is -2.32. The van der Waals surface area contributed by atoms with E-state index in [4.69, 9.17) is 0 Å². The summed E-state index contributed by atoms with van der Waals surface area (Å²) in [4.78, 5) is 23.7. The average molecular weight is 275 g/mol. The van der Waals surface area contributed by atoms with Gasteiger partial charge in [-0.25, -0.2) is 4.79 Å². The third kappa shape index (κ3) is 3.00. The van der Waals surface area contributed by atoms with Gasteiger partial charge in [-0.2, -0.15) is 0 Å². The van der Waals surface area contributed by atoms with E-state index in [9.17, 15) is 14.7 Å². The van der Waals surface area contributed by atoms with Crippen molar-refractivity contribution in [2.75, 3.05) is 5.32 Å². The van der Waals surface area contributed by atoms with E-state index in [0.717, 1.165) is 31.2 Å². The number of carboxylic acids is 1. The van der Waals surface area contributed by atoms with Gasteiger partial charge in [0.05, 0.1) is 11.3 Å². The number of amides is 1. The summed E-state index contributed by atoms with van der Waals surface area (Å²) in [5, 5.41) is 12.0. The van der Waals surface area contributed by atoms with Crippen LogP contribution in [0, 0.1) is 12.3 Å². The number of aromatic carboxylic acids is 1. The Hall–Kier alpha value is -1.84. The van der Waals surface area contributed by atoms with Crippen LogP contribution < -0.4 is 5.32 Å². The molecular formula is C16H21NO3. The first-order valence-electron chi connectivity index (χ1n) is 7.08. The summed E-state index contributed by atoms with van der Waals surface area (Å²) < 4.78 is 0. The minimum atomic E-state index is -1.02. The quantitative estimate of drug-likeness (QED) is 0.885. The summed E-state index contributed by atoms with van der Waals surface area (Å²) in [7, 11) is 0. The van der Waals surface area contributed by atoms with Gasteiger partial charge >= 0.3 is 5.97 Å². The van der Waals surface area contributed by atoms with Gasteiger partial charge in [-0.05, 0) is 31.9 Å². The van der Waals surface area contributed by atoms with Crippen molar-refractivity contribution < 1.29 is 14.7 Å². The van der Waals surface area contributed by atoms with E-state index in [1.54, 1.807) is 12.1 Å². The highest BCUT2D eigenvalue weighted by Crippen LogP contribution is 2.37. The van der Waals surface area contributed by atoms with E-state index >= 15 is 0 Å². The molecule has 1 aromatic rings. The molecule has 0 radical (unpaired) electrons. The Balaban J connectivity index is 2.21. The third-order valence-corrected chi connectivity index (χ3v) is 4.16. The number of anilines is 1. The van der Waals surface area contributed by atoms with E-state index < -0.39 is 5.97 Å². The number of benzene rings is 1. The number of aryl methyl sites for hydroxylation is 1. The summed E-state index contributed by atoms with van der Waals surface area (Å²) in [5.41, 5.74) is 1.03. The maximum Gasteiger partial charge on any atom is 0.337 e. The summed E-state index contributed by atoms with van der Waals surface area (Å²) in [6.07, 6.45) is 5.03. The van der Waals surface area contributed by atoms with Crippen LogP contribution in [0.15, 0.2) is 18.2 Å². The minimum Gasteiger partial charge on any atom is -0.478 e. The molecule has 0 heterocycles. The topological polar surface area (TPSA) is 66.4 Å². The van der Waals surface area contributed by atoms with Crippen LogP contribution in [0.4, 0.5) is 5.69 Å². The lowest BCUT2D eigenvalue weighted by Crippen LogP contribution is -2.35. The maximum absolute atomic E-state index is 12.4. The van der Waals surface area contributed by atoms with E-state index in [0.29, 0.717) is 5.69 Å². The van der Waals surface area contributed by atoms with Gasteiger partial charge in [-0.1, -0.05) is 37.8 Å². The smallest absolute Gasteiger partial charge is 0.337 e. The molecule has 1 fully saturated rings. The van der Waals surface area contributed by atoms with E-state index in [1.807, 2.05) is 19.9 Å². The second-order valence-electron chi connectivity index (χ2n) is 5.93. The molecule has 0 bridgehead atoms. The molecule has 0 aliphatic heterocycles.